The monoisotopic (exact) mass is 609 g/mol. The van der Waals surface area contributed by atoms with Crippen molar-refractivity contribution in [2.75, 3.05) is 13.1 Å². The molecule has 0 spiro atoms. The highest BCUT2D eigenvalue weighted by Crippen LogP contribution is 2.65. The number of alkyl halides is 3. The van der Waals surface area contributed by atoms with Crippen LogP contribution in [0, 0.1) is 17.3 Å². The molecule has 5 rings (SSSR count). The first kappa shape index (κ1) is 33.6. The molecule has 0 radical (unpaired) electrons. The maximum atomic E-state index is 13.6. The lowest BCUT2D eigenvalue weighted by atomic mass is 9.43. The Labute approximate surface area is 253 Å². The summed E-state index contributed by atoms with van der Waals surface area (Å²) in [5.74, 6) is -0.308. The first-order valence-electron chi connectivity index (χ1n) is 15.4. The van der Waals surface area contributed by atoms with Gasteiger partial charge in [0.05, 0.1) is 30.2 Å². The van der Waals surface area contributed by atoms with Crippen molar-refractivity contribution < 1.29 is 37.2 Å². The average molecular weight is 610 g/mol. The average Bonchev–Trinajstić information content (AvgIpc) is 3.26. The zero-order chi connectivity index (χ0) is 31.8. The van der Waals surface area contributed by atoms with Crippen LogP contribution in [0.25, 0.3) is 0 Å². The van der Waals surface area contributed by atoms with E-state index in [0.717, 1.165) is 18.4 Å². The molecule has 6 atom stereocenters. The predicted molar refractivity (Wildman–Crippen MR) is 158 cm³/mol. The zero-order valence-corrected chi connectivity index (χ0v) is 26.2. The van der Waals surface area contributed by atoms with E-state index in [1.54, 1.807) is 20.8 Å². The number of carboxylic acid groups (broad SMARTS) is 1. The van der Waals surface area contributed by atoms with E-state index in [4.69, 9.17) is 9.31 Å². The van der Waals surface area contributed by atoms with Crippen LogP contribution in [0.3, 0.4) is 0 Å². The van der Waals surface area contributed by atoms with Gasteiger partial charge in [-0.1, -0.05) is 44.2 Å². The molecule has 3 saturated carbocycles. The summed E-state index contributed by atoms with van der Waals surface area (Å²) in [6, 6.07) is 8.44. The third-order valence-corrected chi connectivity index (χ3v) is 9.95. The lowest BCUT2D eigenvalue weighted by Gasteiger charge is -2.64. The lowest BCUT2D eigenvalue weighted by Crippen LogP contribution is -2.65. The van der Waals surface area contributed by atoms with Crippen LogP contribution >= 0.6 is 0 Å². The third-order valence-electron chi connectivity index (χ3n) is 9.95. The van der Waals surface area contributed by atoms with Gasteiger partial charge in [0.15, 0.2) is 0 Å². The maximum absolute atomic E-state index is 13.6. The van der Waals surface area contributed by atoms with E-state index in [2.05, 4.69) is 31.4 Å². The molecule has 1 aromatic rings. The van der Waals surface area contributed by atoms with Gasteiger partial charge < -0.3 is 24.6 Å². The van der Waals surface area contributed by atoms with E-state index >= 15 is 0 Å². The van der Waals surface area contributed by atoms with Crippen molar-refractivity contribution in [3.8, 4) is 0 Å². The fraction of sp³-hybridized carbons (Fsp3) is 0.742. The van der Waals surface area contributed by atoms with Crippen LogP contribution in [0.5, 0.6) is 0 Å². The number of nitrogens with zero attached hydrogens (tertiary/aromatic N) is 1. The van der Waals surface area contributed by atoms with Gasteiger partial charge in [-0.15, -0.1) is 0 Å². The van der Waals surface area contributed by atoms with Crippen LogP contribution < -0.4 is 10.6 Å². The Morgan fingerprint density at radius 3 is 2.37 bits per heavy atom. The van der Waals surface area contributed by atoms with E-state index in [0.29, 0.717) is 31.1 Å². The Morgan fingerprint density at radius 1 is 1.12 bits per heavy atom. The van der Waals surface area contributed by atoms with Gasteiger partial charge in [0.25, 0.3) is 0 Å². The number of carbonyl (C=O) groups is 2. The molecule has 1 saturated heterocycles. The molecule has 1 aromatic carbocycles. The van der Waals surface area contributed by atoms with Crippen molar-refractivity contribution in [3.05, 3.63) is 35.9 Å². The van der Waals surface area contributed by atoms with Crippen LogP contribution in [-0.4, -0.2) is 77.6 Å². The number of benzene rings is 1. The Bertz CT molecular complexity index is 1130. The van der Waals surface area contributed by atoms with E-state index in [-0.39, 0.29) is 24.5 Å². The first-order chi connectivity index (χ1) is 19.9. The summed E-state index contributed by atoms with van der Waals surface area (Å²) in [7, 11) is -0.742. The molecule has 8 nitrogen and oxygen atoms in total. The summed E-state index contributed by atoms with van der Waals surface area (Å²) in [6.07, 6.45) is -2.45. The minimum Gasteiger partial charge on any atom is -0.465 e. The first-order valence-corrected chi connectivity index (χ1v) is 15.4. The van der Waals surface area contributed by atoms with Gasteiger partial charge in [-0.2, -0.15) is 13.2 Å². The number of halogens is 3. The molecule has 4 fully saturated rings. The quantitative estimate of drug-likeness (QED) is 0.215. The van der Waals surface area contributed by atoms with Gasteiger partial charge in [-0.05, 0) is 89.0 Å². The lowest BCUT2D eigenvalue weighted by molar-refractivity contribution is -0.199. The van der Waals surface area contributed by atoms with E-state index in [1.807, 2.05) is 30.3 Å². The summed E-state index contributed by atoms with van der Waals surface area (Å²) in [5.41, 5.74) is -0.0376. The normalized spacial score (nSPS) is 27.6. The number of unbranched alkanes of at least 4 members (excludes halogenated alkanes) is 1. The van der Waals surface area contributed by atoms with Crippen molar-refractivity contribution in [2.45, 2.75) is 115 Å². The molecule has 1 heterocycles. The van der Waals surface area contributed by atoms with Crippen LogP contribution in [0.15, 0.2) is 30.3 Å². The maximum Gasteiger partial charge on any atom is 0.482 e. The van der Waals surface area contributed by atoms with E-state index < -0.39 is 55.0 Å². The minimum absolute atomic E-state index is 0.108. The Morgan fingerprint density at radius 2 is 1.79 bits per heavy atom. The molecule has 1 aliphatic heterocycles. The summed E-state index contributed by atoms with van der Waals surface area (Å²) in [6.45, 7) is 10.9. The summed E-state index contributed by atoms with van der Waals surface area (Å²) in [5, 5.41) is 14.9. The van der Waals surface area contributed by atoms with E-state index in [9.17, 15) is 27.9 Å². The molecule has 43 heavy (non-hydrogen) atoms. The summed E-state index contributed by atoms with van der Waals surface area (Å²) in [4.78, 5) is 26.6. The van der Waals surface area contributed by atoms with Crippen molar-refractivity contribution in [1.29, 1.82) is 0 Å². The summed E-state index contributed by atoms with van der Waals surface area (Å²) < 4.78 is 52.7. The fourth-order valence-corrected chi connectivity index (χ4v) is 7.34. The van der Waals surface area contributed by atoms with Crippen LogP contribution in [0.2, 0.25) is 0 Å². The molecule has 1 unspecified atom stereocenters. The molecule has 4 aliphatic rings. The van der Waals surface area contributed by atoms with E-state index in [1.165, 1.54) is 4.90 Å². The number of carbonyl (C=O) groups excluding carboxylic acids is 1. The van der Waals surface area contributed by atoms with Crippen molar-refractivity contribution in [2.24, 2.45) is 17.3 Å². The highest BCUT2D eigenvalue weighted by Gasteiger charge is 2.68. The second kappa shape index (κ2) is 12.6. The van der Waals surface area contributed by atoms with Gasteiger partial charge in [0.1, 0.15) is 0 Å². The molecule has 2 amide bonds. The standard InChI is InChI=1S/C31H47BF3N3O5/c1-28(2,3)38(27(40)41)15-11-10-14-22(36-19-31(33,34)35)26(39)37-25(16-20-12-8-7-9-13-20)32-42-24-18-21-17-23(29(21,4)5)30(24,6)43-32/h7-9,12-13,21-25,36H,10-11,14-19H2,1-6H3,(H,37,39)(H,40,41)/t21-,22?,23-,24+,25-,30-/m0/s1. The highest BCUT2D eigenvalue weighted by atomic mass is 19.4. The Kier molecular flexibility index (Phi) is 9.84. The zero-order valence-electron chi connectivity index (χ0n) is 26.2. The molecule has 0 aromatic heterocycles. The van der Waals surface area contributed by atoms with Crippen LogP contribution in [0.4, 0.5) is 18.0 Å². The smallest absolute Gasteiger partial charge is 0.465 e. The fourth-order valence-electron chi connectivity index (χ4n) is 7.34. The second-order valence-electron chi connectivity index (χ2n) is 14.3. The molecular formula is C31H47BF3N3O5. The molecule has 12 heteroatoms. The number of amides is 2. The second-order valence-corrected chi connectivity index (χ2v) is 14.3. The highest BCUT2D eigenvalue weighted by molar-refractivity contribution is 6.48. The largest absolute Gasteiger partial charge is 0.482 e. The molecular weight excluding hydrogens is 562 g/mol. The minimum atomic E-state index is -4.50. The van der Waals surface area contributed by atoms with Crippen molar-refractivity contribution in [1.82, 2.24) is 15.5 Å². The number of hydrogen-bond donors (Lipinski definition) is 3. The number of nitrogens with one attached hydrogen (secondary N) is 2. The SMILES string of the molecule is CC1(C)[C@@H]2C[C@H]3OB([C@H](Cc4ccccc4)NC(=O)C(CCCCN(C(=O)O)C(C)(C)C)NCC(F)(F)F)O[C@@]3(C)[C@H]1C2. The van der Waals surface area contributed by atoms with Gasteiger partial charge in [-0.3, -0.25) is 10.1 Å². The molecule has 2 bridgehead atoms. The number of hydrogen-bond acceptors (Lipinski definition) is 5. The number of rotatable bonds is 12. The summed E-state index contributed by atoms with van der Waals surface area (Å²) >= 11 is 0. The van der Waals surface area contributed by atoms with Crippen LogP contribution in [0.1, 0.15) is 79.2 Å². The Hall–Kier alpha value is -2.31. The van der Waals surface area contributed by atoms with Gasteiger partial charge in [0, 0.05) is 12.1 Å². The molecule has 3 N–H and O–H groups in total. The third kappa shape index (κ3) is 7.68. The van der Waals surface area contributed by atoms with Crippen molar-refractivity contribution in [3.63, 3.8) is 0 Å². The van der Waals surface area contributed by atoms with Crippen molar-refractivity contribution >= 4 is 19.1 Å². The molecule has 240 valence electrons. The van der Waals surface area contributed by atoms with Crippen LogP contribution in [-0.2, 0) is 20.5 Å². The topological polar surface area (TPSA) is 100 Å². The Balaban J connectivity index is 1.47. The molecule has 3 aliphatic carbocycles. The van der Waals surface area contributed by atoms with Gasteiger partial charge in [0.2, 0.25) is 5.91 Å². The van der Waals surface area contributed by atoms with Gasteiger partial charge in [-0.25, -0.2) is 4.79 Å². The predicted octanol–water partition coefficient (Wildman–Crippen LogP) is 5.45. The van der Waals surface area contributed by atoms with Gasteiger partial charge >= 0.3 is 19.4 Å².